The summed E-state index contributed by atoms with van der Waals surface area (Å²) in [5.41, 5.74) is 0. The van der Waals surface area contributed by atoms with E-state index in [0.717, 1.165) is 19.4 Å². The molecule has 3 rings (SSSR count). The number of aliphatic hydroxyl groups is 1. The van der Waals surface area contributed by atoms with Gasteiger partial charge in [-0.2, -0.15) is 0 Å². The van der Waals surface area contributed by atoms with Gasteiger partial charge in [0.25, 0.3) is 0 Å². The van der Waals surface area contributed by atoms with Crippen molar-refractivity contribution in [2.24, 2.45) is 0 Å². The molecule has 3 heterocycles. The van der Waals surface area contributed by atoms with Crippen molar-refractivity contribution in [2.75, 3.05) is 6.54 Å². The molecule has 3 fully saturated rings. The molecular formula is C13H23NO2. The fourth-order valence-electron chi connectivity index (χ4n) is 3.80. The maximum absolute atomic E-state index is 9.75. The minimum Gasteiger partial charge on any atom is -0.393 e. The lowest BCUT2D eigenvalue weighted by molar-refractivity contribution is -0.0140. The van der Waals surface area contributed by atoms with E-state index in [1.807, 2.05) is 0 Å². The lowest BCUT2D eigenvalue weighted by Gasteiger charge is -2.38. The van der Waals surface area contributed by atoms with E-state index in [0.29, 0.717) is 24.3 Å². The summed E-state index contributed by atoms with van der Waals surface area (Å²) in [5.74, 6) is 0. The van der Waals surface area contributed by atoms with Crippen LogP contribution in [0.4, 0.5) is 0 Å². The van der Waals surface area contributed by atoms with E-state index in [2.05, 4.69) is 11.8 Å². The van der Waals surface area contributed by atoms with Gasteiger partial charge in [0.2, 0.25) is 0 Å². The molecule has 0 amide bonds. The fourth-order valence-corrected chi connectivity index (χ4v) is 3.80. The number of hydrogen-bond donors (Lipinski definition) is 1. The van der Waals surface area contributed by atoms with Crippen LogP contribution in [-0.2, 0) is 4.74 Å². The number of nitrogens with zero attached hydrogens (tertiary/aromatic N) is 1. The molecule has 0 aromatic carbocycles. The normalized spacial score (nSPS) is 48.8. The van der Waals surface area contributed by atoms with Crippen molar-refractivity contribution < 1.29 is 9.84 Å². The number of rotatable bonds is 2. The predicted octanol–water partition coefficient (Wildman–Crippen LogP) is 1.54. The van der Waals surface area contributed by atoms with Gasteiger partial charge in [-0.25, -0.2) is 0 Å². The molecule has 2 bridgehead atoms. The highest BCUT2D eigenvalue weighted by molar-refractivity contribution is 4.96. The molecular weight excluding hydrogens is 202 g/mol. The molecule has 3 heteroatoms. The van der Waals surface area contributed by atoms with Crippen molar-refractivity contribution in [2.45, 2.75) is 75.8 Å². The van der Waals surface area contributed by atoms with Crippen LogP contribution < -0.4 is 0 Å². The highest BCUT2D eigenvalue weighted by atomic mass is 16.5. The van der Waals surface area contributed by atoms with Gasteiger partial charge < -0.3 is 9.84 Å². The lowest BCUT2D eigenvalue weighted by Crippen LogP contribution is -2.47. The van der Waals surface area contributed by atoms with Crippen molar-refractivity contribution in [3.8, 4) is 0 Å². The molecule has 3 nitrogen and oxygen atoms in total. The molecule has 3 saturated heterocycles. The Bertz CT molecular complexity index is 244. The smallest absolute Gasteiger partial charge is 0.0706 e. The van der Waals surface area contributed by atoms with Crippen LogP contribution in [0.2, 0.25) is 0 Å². The van der Waals surface area contributed by atoms with Crippen LogP contribution in [0, 0.1) is 0 Å². The Morgan fingerprint density at radius 3 is 2.38 bits per heavy atom. The quantitative estimate of drug-likeness (QED) is 0.774. The van der Waals surface area contributed by atoms with Crippen LogP contribution in [0.5, 0.6) is 0 Å². The van der Waals surface area contributed by atoms with Gasteiger partial charge in [-0.3, -0.25) is 4.90 Å². The first kappa shape index (κ1) is 11.0. The molecule has 0 radical (unpaired) electrons. The van der Waals surface area contributed by atoms with Crippen LogP contribution >= 0.6 is 0 Å². The van der Waals surface area contributed by atoms with Gasteiger partial charge in [-0.05, 0) is 45.4 Å². The van der Waals surface area contributed by atoms with E-state index >= 15 is 0 Å². The van der Waals surface area contributed by atoms with Gasteiger partial charge in [0.1, 0.15) is 0 Å². The SMILES string of the molecule is CC1CCC(CN2C3CCC2CC(O)C3)O1. The fraction of sp³-hybridized carbons (Fsp3) is 1.00. The standard InChI is InChI=1S/C13H23NO2/c1-9-2-5-13(16-9)8-14-10-3-4-11(14)7-12(15)6-10/h9-13,15H,2-8H2,1H3. The van der Waals surface area contributed by atoms with Crippen LogP contribution in [0.25, 0.3) is 0 Å². The summed E-state index contributed by atoms with van der Waals surface area (Å²) in [4.78, 5) is 2.62. The summed E-state index contributed by atoms with van der Waals surface area (Å²) in [6, 6.07) is 1.27. The van der Waals surface area contributed by atoms with Crippen LogP contribution in [0.1, 0.15) is 45.4 Å². The summed E-state index contributed by atoms with van der Waals surface area (Å²) in [6.07, 6.45) is 7.84. The van der Waals surface area contributed by atoms with Crippen LogP contribution in [0.3, 0.4) is 0 Å². The number of hydrogen-bond acceptors (Lipinski definition) is 3. The van der Waals surface area contributed by atoms with Gasteiger partial charge in [-0.15, -0.1) is 0 Å². The minimum absolute atomic E-state index is 0.0443. The first-order chi connectivity index (χ1) is 7.72. The molecule has 16 heavy (non-hydrogen) atoms. The molecule has 0 aliphatic carbocycles. The average Bonchev–Trinajstić information content (AvgIpc) is 2.72. The summed E-state index contributed by atoms with van der Waals surface area (Å²) >= 11 is 0. The Balaban J connectivity index is 1.59. The van der Waals surface area contributed by atoms with Crippen molar-refractivity contribution >= 4 is 0 Å². The van der Waals surface area contributed by atoms with Crippen molar-refractivity contribution in [1.82, 2.24) is 4.90 Å². The van der Waals surface area contributed by atoms with E-state index in [1.165, 1.54) is 25.7 Å². The molecule has 3 aliphatic rings. The number of piperidine rings is 1. The van der Waals surface area contributed by atoms with Gasteiger partial charge in [0.05, 0.1) is 18.3 Å². The number of fused-ring (bicyclic) bond motifs is 2. The molecule has 0 aromatic rings. The van der Waals surface area contributed by atoms with Crippen molar-refractivity contribution in [3.63, 3.8) is 0 Å². The number of aliphatic hydroxyl groups excluding tert-OH is 1. The van der Waals surface area contributed by atoms with E-state index in [9.17, 15) is 5.11 Å². The third-order valence-electron chi connectivity index (χ3n) is 4.59. The zero-order valence-electron chi connectivity index (χ0n) is 10.1. The van der Waals surface area contributed by atoms with E-state index in [1.54, 1.807) is 0 Å². The molecule has 0 spiro atoms. The predicted molar refractivity (Wildman–Crippen MR) is 62.3 cm³/mol. The van der Waals surface area contributed by atoms with Crippen LogP contribution in [0.15, 0.2) is 0 Å². The third kappa shape index (κ3) is 2.01. The highest BCUT2D eigenvalue weighted by Gasteiger charge is 2.41. The zero-order valence-corrected chi connectivity index (χ0v) is 10.1. The van der Waals surface area contributed by atoms with Crippen LogP contribution in [-0.4, -0.2) is 46.9 Å². The second-order valence-corrected chi connectivity index (χ2v) is 5.85. The third-order valence-corrected chi connectivity index (χ3v) is 4.59. The van der Waals surface area contributed by atoms with E-state index in [-0.39, 0.29) is 6.10 Å². The topological polar surface area (TPSA) is 32.7 Å². The molecule has 1 N–H and O–H groups in total. The largest absolute Gasteiger partial charge is 0.393 e. The monoisotopic (exact) mass is 225 g/mol. The Kier molecular flexibility index (Phi) is 2.94. The minimum atomic E-state index is -0.0443. The van der Waals surface area contributed by atoms with Gasteiger partial charge in [0, 0.05) is 18.6 Å². The van der Waals surface area contributed by atoms with E-state index < -0.39 is 0 Å². The van der Waals surface area contributed by atoms with Gasteiger partial charge in [0.15, 0.2) is 0 Å². The molecule has 0 aromatic heterocycles. The zero-order chi connectivity index (χ0) is 11.1. The molecule has 3 aliphatic heterocycles. The van der Waals surface area contributed by atoms with Crippen molar-refractivity contribution in [1.29, 1.82) is 0 Å². The summed E-state index contributed by atoms with van der Waals surface area (Å²) in [7, 11) is 0. The molecule has 4 unspecified atom stereocenters. The maximum Gasteiger partial charge on any atom is 0.0706 e. The second kappa shape index (κ2) is 4.28. The summed E-state index contributed by atoms with van der Waals surface area (Å²) in [5, 5.41) is 9.75. The Hall–Kier alpha value is -0.120. The molecule has 0 saturated carbocycles. The second-order valence-electron chi connectivity index (χ2n) is 5.85. The Labute approximate surface area is 97.8 Å². The highest BCUT2D eigenvalue weighted by Crippen LogP contribution is 2.36. The first-order valence-corrected chi connectivity index (χ1v) is 6.81. The van der Waals surface area contributed by atoms with Gasteiger partial charge >= 0.3 is 0 Å². The lowest BCUT2D eigenvalue weighted by atomic mass is 9.99. The van der Waals surface area contributed by atoms with Crippen molar-refractivity contribution in [3.05, 3.63) is 0 Å². The Morgan fingerprint density at radius 1 is 1.12 bits per heavy atom. The first-order valence-electron chi connectivity index (χ1n) is 6.81. The van der Waals surface area contributed by atoms with E-state index in [4.69, 9.17) is 4.74 Å². The molecule has 92 valence electrons. The van der Waals surface area contributed by atoms with Gasteiger partial charge in [-0.1, -0.05) is 0 Å². The summed E-state index contributed by atoms with van der Waals surface area (Å²) < 4.78 is 5.91. The molecule has 4 atom stereocenters. The average molecular weight is 225 g/mol. The number of ether oxygens (including phenoxy) is 1. The maximum atomic E-state index is 9.75. The Morgan fingerprint density at radius 2 is 1.81 bits per heavy atom. The summed E-state index contributed by atoms with van der Waals surface area (Å²) in [6.45, 7) is 3.28.